The van der Waals surface area contributed by atoms with Crippen LogP contribution in [0.5, 0.6) is 5.75 Å². The van der Waals surface area contributed by atoms with Crippen LogP contribution >= 0.6 is 23.1 Å². The van der Waals surface area contributed by atoms with Gasteiger partial charge < -0.3 is 9.15 Å². The van der Waals surface area contributed by atoms with Crippen LogP contribution in [-0.2, 0) is 21.9 Å². The molecule has 2 amide bonds. The molecule has 0 saturated carbocycles. The minimum absolute atomic E-state index is 0.168. The zero-order valence-corrected chi connectivity index (χ0v) is 16.7. The third kappa shape index (κ3) is 3.50. The summed E-state index contributed by atoms with van der Waals surface area (Å²) in [5.74, 6) is 1.33. The first-order valence-corrected chi connectivity index (χ1v) is 10.5. The van der Waals surface area contributed by atoms with Gasteiger partial charge in [-0.2, -0.15) is 0 Å². The molecule has 0 radical (unpaired) electrons. The topological polar surface area (TPSA) is 59.8 Å². The number of thioether (sulfide) groups is 1. The van der Waals surface area contributed by atoms with E-state index in [0.717, 1.165) is 16.2 Å². The number of hydrogen-bond acceptors (Lipinski definition) is 6. The first-order valence-electron chi connectivity index (χ1n) is 8.60. The summed E-state index contributed by atoms with van der Waals surface area (Å²) < 4.78 is 10.7. The average molecular weight is 412 g/mol. The lowest BCUT2D eigenvalue weighted by molar-refractivity contribution is -0.137. The molecule has 142 valence electrons. The highest BCUT2D eigenvalue weighted by Gasteiger charge is 2.40. The third-order valence-corrected chi connectivity index (χ3v) is 6.34. The molecule has 5 nitrogen and oxygen atoms in total. The number of nitrogens with zero attached hydrogens (tertiary/aromatic N) is 1. The van der Waals surface area contributed by atoms with Crippen molar-refractivity contribution in [2.24, 2.45) is 0 Å². The molecule has 0 saturated heterocycles. The van der Waals surface area contributed by atoms with Gasteiger partial charge in [0.2, 0.25) is 0 Å². The van der Waals surface area contributed by atoms with Gasteiger partial charge in [-0.15, -0.1) is 23.1 Å². The molecule has 0 atom stereocenters. The molecule has 0 fully saturated rings. The molecule has 2 aromatic heterocycles. The average Bonchev–Trinajstić information content (AvgIpc) is 3.45. The number of benzene rings is 1. The van der Waals surface area contributed by atoms with E-state index < -0.39 is 0 Å². The molecule has 7 heteroatoms. The fourth-order valence-electron chi connectivity index (χ4n) is 3.01. The number of furan rings is 1. The predicted octanol–water partition coefficient (Wildman–Crippen LogP) is 4.56. The number of amides is 2. The number of thiophene rings is 1. The fraction of sp³-hybridized carbons (Fsp3) is 0.143. The van der Waals surface area contributed by atoms with Crippen molar-refractivity contribution >= 4 is 40.5 Å². The van der Waals surface area contributed by atoms with E-state index in [-0.39, 0.29) is 18.4 Å². The molecular formula is C21H17NO4S2. The second-order valence-electron chi connectivity index (χ2n) is 6.06. The van der Waals surface area contributed by atoms with Crippen molar-refractivity contribution < 1.29 is 18.7 Å². The van der Waals surface area contributed by atoms with E-state index in [4.69, 9.17) is 9.15 Å². The van der Waals surface area contributed by atoms with E-state index in [1.54, 1.807) is 19.4 Å². The molecule has 3 heterocycles. The van der Waals surface area contributed by atoms with Gasteiger partial charge in [-0.3, -0.25) is 14.5 Å². The number of rotatable bonds is 7. The van der Waals surface area contributed by atoms with Crippen molar-refractivity contribution in [2.75, 3.05) is 7.11 Å². The number of ether oxygens (including phenoxy) is 1. The Morgan fingerprint density at radius 1 is 1.07 bits per heavy atom. The summed E-state index contributed by atoms with van der Waals surface area (Å²) in [4.78, 5) is 28.9. The van der Waals surface area contributed by atoms with Gasteiger partial charge in [0.15, 0.2) is 0 Å². The van der Waals surface area contributed by atoms with Crippen molar-refractivity contribution in [2.45, 2.75) is 12.3 Å². The van der Waals surface area contributed by atoms with Gasteiger partial charge in [-0.05, 0) is 29.6 Å². The summed E-state index contributed by atoms with van der Waals surface area (Å²) >= 11 is 2.78. The maximum Gasteiger partial charge on any atom is 0.268 e. The van der Waals surface area contributed by atoms with Crippen LogP contribution in [0.4, 0.5) is 0 Å². The molecule has 4 rings (SSSR count). The third-order valence-electron chi connectivity index (χ3n) is 4.35. The first kappa shape index (κ1) is 18.6. The SMILES string of the molecule is COc1ccccc1CN1C(=O)C(SCc2ccco2)=C(c2cccs2)C1=O. The number of hydrogen-bond donors (Lipinski definition) is 0. The van der Waals surface area contributed by atoms with Crippen LogP contribution in [0, 0.1) is 0 Å². The zero-order chi connectivity index (χ0) is 19.5. The van der Waals surface area contributed by atoms with E-state index in [9.17, 15) is 9.59 Å². The van der Waals surface area contributed by atoms with Crippen molar-refractivity contribution in [1.29, 1.82) is 0 Å². The van der Waals surface area contributed by atoms with Gasteiger partial charge in [0, 0.05) is 10.4 Å². The molecule has 1 aliphatic heterocycles. The smallest absolute Gasteiger partial charge is 0.268 e. The van der Waals surface area contributed by atoms with Crippen molar-refractivity contribution in [3.05, 3.63) is 81.3 Å². The van der Waals surface area contributed by atoms with Crippen LogP contribution in [0.2, 0.25) is 0 Å². The molecule has 0 aliphatic carbocycles. The van der Waals surface area contributed by atoms with E-state index in [1.807, 2.05) is 47.8 Å². The summed E-state index contributed by atoms with van der Waals surface area (Å²) in [5.41, 5.74) is 1.25. The van der Waals surface area contributed by atoms with Crippen LogP contribution in [0.15, 0.2) is 69.5 Å². The van der Waals surface area contributed by atoms with Gasteiger partial charge in [-0.25, -0.2) is 0 Å². The van der Waals surface area contributed by atoms with Crippen LogP contribution in [0.3, 0.4) is 0 Å². The maximum atomic E-state index is 13.2. The van der Waals surface area contributed by atoms with Gasteiger partial charge in [0.05, 0.1) is 36.1 Å². The molecule has 3 aromatic rings. The number of carbonyl (C=O) groups is 2. The number of carbonyl (C=O) groups excluding carboxylic acids is 2. The van der Waals surface area contributed by atoms with Crippen LogP contribution in [0.1, 0.15) is 16.2 Å². The zero-order valence-electron chi connectivity index (χ0n) is 15.1. The minimum Gasteiger partial charge on any atom is -0.496 e. The number of para-hydroxylation sites is 1. The monoisotopic (exact) mass is 411 g/mol. The highest BCUT2D eigenvalue weighted by atomic mass is 32.2. The molecule has 0 bridgehead atoms. The molecule has 28 heavy (non-hydrogen) atoms. The Bertz CT molecular complexity index is 1020. The minimum atomic E-state index is -0.282. The molecular weight excluding hydrogens is 394 g/mol. The summed E-state index contributed by atoms with van der Waals surface area (Å²) in [7, 11) is 1.58. The van der Waals surface area contributed by atoms with Crippen LogP contribution in [-0.4, -0.2) is 23.8 Å². The Morgan fingerprint density at radius 3 is 2.64 bits per heavy atom. The molecule has 1 aliphatic rings. The Balaban J connectivity index is 1.65. The quantitative estimate of drug-likeness (QED) is 0.533. The standard InChI is InChI=1S/C21H17NO4S2/c1-25-16-8-3-2-6-14(16)12-22-20(23)18(17-9-5-11-27-17)19(21(22)24)28-13-15-7-4-10-26-15/h2-11H,12-13H2,1H3. The Hall–Kier alpha value is -2.77. The lowest BCUT2D eigenvalue weighted by Gasteiger charge is -2.17. The van der Waals surface area contributed by atoms with Crippen LogP contribution in [0.25, 0.3) is 5.57 Å². The van der Waals surface area contributed by atoms with Gasteiger partial charge >= 0.3 is 0 Å². The Labute approximate surface area is 170 Å². The van der Waals surface area contributed by atoms with Gasteiger partial charge in [-0.1, -0.05) is 24.3 Å². The molecule has 0 spiro atoms. The normalized spacial score (nSPS) is 14.2. The summed E-state index contributed by atoms with van der Waals surface area (Å²) in [6, 6.07) is 14.8. The predicted molar refractivity (Wildman–Crippen MR) is 110 cm³/mol. The first-order chi connectivity index (χ1) is 13.7. The number of imide groups is 1. The highest BCUT2D eigenvalue weighted by Crippen LogP contribution is 2.40. The second-order valence-corrected chi connectivity index (χ2v) is 7.99. The summed E-state index contributed by atoms with van der Waals surface area (Å²) in [6.45, 7) is 0.168. The van der Waals surface area contributed by atoms with Gasteiger partial charge in [0.1, 0.15) is 11.5 Å². The van der Waals surface area contributed by atoms with E-state index in [1.165, 1.54) is 28.0 Å². The largest absolute Gasteiger partial charge is 0.496 e. The van der Waals surface area contributed by atoms with E-state index in [0.29, 0.717) is 22.0 Å². The fourth-order valence-corrected chi connectivity index (χ4v) is 4.87. The maximum absolute atomic E-state index is 13.2. The second kappa shape index (κ2) is 8.08. The molecule has 0 unspecified atom stereocenters. The Kier molecular flexibility index (Phi) is 5.36. The van der Waals surface area contributed by atoms with E-state index in [2.05, 4.69) is 0 Å². The van der Waals surface area contributed by atoms with Crippen LogP contribution < -0.4 is 4.74 Å². The van der Waals surface area contributed by atoms with Gasteiger partial charge in [0.25, 0.3) is 11.8 Å². The molecule has 0 N–H and O–H groups in total. The molecule has 1 aromatic carbocycles. The number of methoxy groups -OCH3 is 1. The summed E-state index contributed by atoms with van der Waals surface area (Å²) in [5, 5.41) is 1.90. The van der Waals surface area contributed by atoms with Crippen molar-refractivity contribution in [3.8, 4) is 5.75 Å². The van der Waals surface area contributed by atoms with Crippen molar-refractivity contribution in [3.63, 3.8) is 0 Å². The lowest BCUT2D eigenvalue weighted by Crippen LogP contribution is -2.31. The highest BCUT2D eigenvalue weighted by molar-refractivity contribution is 8.03. The van der Waals surface area contributed by atoms with E-state index >= 15 is 0 Å². The lowest BCUT2D eigenvalue weighted by atomic mass is 10.2. The Morgan fingerprint density at radius 2 is 1.93 bits per heavy atom. The van der Waals surface area contributed by atoms with Crippen molar-refractivity contribution in [1.82, 2.24) is 4.90 Å². The summed E-state index contributed by atoms with van der Waals surface area (Å²) in [6.07, 6.45) is 1.60.